The van der Waals surface area contributed by atoms with Crippen LogP contribution in [-0.2, 0) is 0 Å². The molecule has 1 aromatic rings. The van der Waals surface area contributed by atoms with E-state index in [4.69, 9.17) is 0 Å². The number of nitrogens with zero attached hydrogens (tertiary/aromatic N) is 1. The molecule has 0 radical (unpaired) electrons. The van der Waals surface area contributed by atoms with E-state index in [1.807, 2.05) is 25.1 Å². The lowest BCUT2D eigenvalue weighted by Crippen LogP contribution is -2.17. The molecule has 96 valence electrons. The van der Waals surface area contributed by atoms with Gasteiger partial charge in [-0.3, -0.25) is 10.1 Å². The first kappa shape index (κ1) is 15.6. The predicted molar refractivity (Wildman–Crippen MR) is 71.7 cm³/mol. The first-order valence-corrected chi connectivity index (χ1v) is 6.12. The standard InChI is InChI=1S/C7H15NO2.C7H8/c1-4-6(2)5-7(3)8(9)10;1-7-5-3-2-4-6-7/h6-7H,4-5H2,1-3H3;2-6H,1H3. The maximum Gasteiger partial charge on any atom is 0.210 e. The molecule has 0 aliphatic rings. The zero-order chi connectivity index (χ0) is 13.3. The molecule has 0 saturated heterocycles. The minimum absolute atomic E-state index is 0.216. The molecule has 1 aromatic carbocycles. The molecule has 0 spiro atoms. The van der Waals surface area contributed by atoms with E-state index < -0.39 is 0 Å². The van der Waals surface area contributed by atoms with Gasteiger partial charge in [0, 0.05) is 18.3 Å². The zero-order valence-corrected chi connectivity index (χ0v) is 11.2. The average molecular weight is 237 g/mol. The molecule has 0 saturated carbocycles. The van der Waals surface area contributed by atoms with E-state index >= 15 is 0 Å². The van der Waals surface area contributed by atoms with Crippen LogP contribution in [0.4, 0.5) is 0 Å². The molecular weight excluding hydrogens is 214 g/mol. The van der Waals surface area contributed by atoms with Crippen LogP contribution in [0.3, 0.4) is 0 Å². The van der Waals surface area contributed by atoms with Crippen molar-refractivity contribution >= 4 is 0 Å². The van der Waals surface area contributed by atoms with E-state index in [-0.39, 0.29) is 11.0 Å². The molecule has 0 aliphatic carbocycles. The van der Waals surface area contributed by atoms with E-state index in [1.165, 1.54) is 5.56 Å². The van der Waals surface area contributed by atoms with Crippen LogP contribution in [0.25, 0.3) is 0 Å². The third kappa shape index (κ3) is 8.43. The van der Waals surface area contributed by atoms with Crippen LogP contribution in [0.5, 0.6) is 0 Å². The highest BCUT2D eigenvalue weighted by Gasteiger charge is 2.15. The molecule has 0 aliphatic heterocycles. The van der Waals surface area contributed by atoms with E-state index in [9.17, 15) is 10.1 Å². The van der Waals surface area contributed by atoms with E-state index in [0.717, 1.165) is 6.42 Å². The summed E-state index contributed by atoms with van der Waals surface area (Å²) < 4.78 is 0. The number of aryl methyl sites for hydroxylation is 1. The van der Waals surface area contributed by atoms with Crippen molar-refractivity contribution < 1.29 is 4.92 Å². The highest BCUT2D eigenvalue weighted by molar-refractivity contribution is 5.11. The SMILES string of the molecule is CCC(C)CC(C)[N+](=O)[O-].Cc1ccccc1. The Kier molecular flexibility index (Phi) is 8.03. The fourth-order valence-corrected chi connectivity index (χ4v) is 1.37. The molecule has 2 unspecified atom stereocenters. The summed E-state index contributed by atoms with van der Waals surface area (Å²) in [5, 5.41) is 10.2. The van der Waals surface area contributed by atoms with Gasteiger partial charge in [-0.1, -0.05) is 56.2 Å². The van der Waals surface area contributed by atoms with Crippen molar-refractivity contribution in [3.63, 3.8) is 0 Å². The van der Waals surface area contributed by atoms with Crippen LogP contribution in [-0.4, -0.2) is 11.0 Å². The summed E-state index contributed by atoms with van der Waals surface area (Å²) in [4.78, 5) is 9.94. The Morgan fingerprint density at radius 3 is 2.06 bits per heavy atom. The Bertz CT molecular complexity index is 311. The van der Waals surface area contributed by atoms with E-state index in [2.05, 4.69) is 26.0 Å². The summed E-state index contributed by atoms with van der Waals surface area (Å²) >= 11 is 0. The molecule has 17 heavy (non-hydrogen) atoms. The Morgan fingerprint density at radius 1 is 1.24 bits per heavy atom. The summed E-state index contributed by atoms with van der Waals surface area (Å²) in [5.74, 6) is 0.473. The number of hydrogen-bond donors (Lipinski definition) is 0. The highest BCUT2D eigenvalue weighted by Crippen LogP contribution is 2.10. The predicted octanol–water partition coefficient (Wildman–Crippen LogP) is 4.08. The van der Waals surface area contributed by atoms with Gasteiger partial charge in [0.05, 0.1) is 0 Å². The second-order valence-electron chi connectivity index (χ2n) is 4.54. The zero-order valence-electron chi connectivity index (χ0n) is 11.2. The van der Waals surface area contributed by atoms with Crippen molar-refractivity contribution in [2.24, 2.45) is 5.92 Å². The van der Waals surface area contributed by atoms with Gasteiger partial charge in [0.1, 0.15) is 0 Å². The van der Waals surface area contributed by atoms with Gasteiger partial charge in [0.2, 0.25) is 6.04 Å². The summed E-state index contributed by atoms with van der Waals surface area (Å²) in [7, 11) is 0. The largest absolute Gasteiger partial charge is 0.264 e. The Hall–Kier alpha value is -1.38. The Labute approximate surface area is 104 Å². The highest BCUT2D eigenvalue weighted by atomic mass is 16.6. The maximum atomic E-state index is 10.2. The number of benzene rings is 1. The van der Waals surface area contributed by atoms with Gasteiger partial charge in [-0.05, 0) is 12.8 Å². The fourth-order valence-electron chi connectivity index (χ4n) is 1.37. The van der Waals surface area contributed by atoms with Gasteiger partial charge in [0.25, 0.3) is 0 Å². The lowest BCUT2D eigenvalue weighted by Gasteiger charge is -2.08. The Morgan fingerprint density at radius 2 is 1.76 bits per heavy atom. The molecule has 3 heteroatoms. The average Bonchev–Trinajstić information content (AvgIpc) is 2.30. The van der Waals surface area contributed by atoms with Crippen LogP contribution in [0.1, 0.15) is 39.2 Å². The number of hydrogen-bond acceptors (Lipinski definition) is 2. The van der Waals surface area contributed by atoms with Crippen LogP contribution >= 0.6 is 0 Å². The Balaban J connectivity index is 0.000000318. The van der Waals surface area contributed by atoms with Crippen LogP contribution in [0, 0.1) is 23.0 Å². The van der Waals surface area contributed by atoms with Crippen LogP contribution < -0.4 is 0 Å². The second kappa shape index (κ2) is 8.74. The lowest BCUT2D eigenvalue weighted by molar-refractivity contribution is -0.520. The van der Waals surface area contributed by atoms with E-state index in [1.54, 1.807) is 6.92 Å². The molecule has 0 fully saturated rings. The molecule has 0 amide bonds. The number of nitro groups is 1. The summed E-state index contributed by atoms with van der Waals surface area (Å²) in [5.41, 5.74) is 1.32. The molecule has 1 rings (SSSR count). The molecule has 0 N–H and O–H groups in total. The second-order valence-corrected chi connectivity index (χ2v) is 4.54. The van der Waals surface area contributed by atoms with Crippen molar-refractivity contribution in [3.8, 4) is 0 Å². The molecule has 3 nitrogen and oxygen atoms in total. The lowest BCUT2D eigenvalue weighted by atomic mass is 10.0. The van der Waals surface area contributed by atoms with Gasteiger partial charge in [-0.15, -0.1) is 0 Å². The van der Waals surface area contributed by atoms with Crippen LogP contribution in [0.2, 0.25) is 0 Å². The first-order valence-electron chi connectivity index (χ1n) is 6.12. The van der Waals surface area contributed by atoms with Gasteiger partial charge < -0.3 is 0 Å². The van der Waals surface area contributed by atoms with Crippen molar-refractivity contribution in [3.05, 3.63) is 46.0 Å². The fraction of sp³-hybridized carbons (Fsp3) is 0.571. The summed E-state index contributed by atoms with van der Waals surface area (Å²) in [6.07, 6.45) is 1.72. The topological polar surface area (TPSA) is 43.1 Å². The van der Waals surface area contributed by atoms with Crippen molar-refractivity contribution in [2.75, 3.05) is 0 Å². The van der Waals surface area contributed by atoms with Crippen LogP contribution in [0.15, 0.2) is 30.3 Å². The summed E-state index contributed by atoms with van der Waals surface area (Å²) in [6, 6.07) is 9.88. The smallest absolute Gasteiger partial charge is 0.210 e. The molecule has 0 bridgehead atoms. The van der Waals surface area contributed by atoms with Gasteiger partial charge in [-0.25, -0.2) is 0 Å². The van der Waals surface area contributed by atoms with Crippen molar-refractivity contribution in [1.29, 1.82) is 0 Å². The third-order valence-corrected chi connectivity index (χ3v) is 2.74. The van der Waals surface area contributed by atoms with Gasteiger partial charge in [0.15, 0.2) is 0 Å². The van der Waals surface area contributed by atoms with Gasteiger partial charge in [-0.2, -0.15) is 0 Å². The summed E-state index contributed by atoms with van der Waals surface area (Å²) in [6.45, 7) is 7.84. The number of rotatable bonds is 4. The van der Waals surface area contributed by atoms with Crippen molar-refractivity contribution in [1.82, 2.24) is 0 Å². The quantitative estimate of drug-likeness (QED) is 0.585. The normalized spacial score (nSPS) is 13.2. The minimum Gasteiger partial charge on any atom is -0.264 e. The third-order valence-electron chi connectivity index (χ3n) is 2.74. The maximum absolute atomic E-state index is 10.2. The molecule has 2 atom stereocenters. The first-order chi connectivity index (χ1) is 7.97. The minimum atomic E-state index is -0.380. The molecule has 0 aromatic heterocycles. The van der Waals surface area contributed by atoms with E-state index in [0.29, 0.717) is 12.3 Å². The monoisotopic (exact) mass is 237 g/mol. The van der Waals surface area contributed by atoms with Crippen molar-refractivity contribution in [2.45, 2.75) is 46.6 Å². The molecule has 0 heterocycles. The van der Waals surface area contributed by atoms with Gasteiger partial charge >= 0.3 is 0 Å². The molecular formula is C14H23NO2.